The summed E-state index contributed by atoms with van der Waals surface area (Å²) in [6.07, 6.45) is 2.34. The van der Waals surface area contributed by atoms with Crippen LogP contribution >= 0.6 is 0 Å². The average Bonchev–Trinajstić information content (AvgIpc) is 2.84. The Kier molecular flexibility index (Phi) is 4.00. The number of nitrogens with zero attached hydrogens (tertiary/aromatic N) is 3. The summed E-state index contributed by atoms with van der Waals surface area (Å²) < 4.78 is 2.24. The van der Waals surface area contributed by atoms with Crippen LogP contribution in [0.5, 0.6) is 0 Å². The van der Waals surface area contributed by atoms with Gasteiger partial charge in [-0.3, -0.25) is 0 Å². The molecule has 3 rings (SSSR count). The van der Waals surface area contributed by atoms with Crippen molar-refractivity contribution < 1.29 is 5.11 Å². The molecule has 114 valence electrons. The quantitative estimate of drug-likeness (QED) is 0.939. The molecule has 0 amide bonds. The fourth-order valence-corrected chi connectivity index (χ4v) is 3.37. The van der Waals surface area contributed by atoms with Crippen molar-refractivity contribution in [3.8, 4) is 0 Å². The maximum Gasteiger partial charge on any atom is 0.112 e. The molecular formula is C17H25N3O. The summed E-state index contributed by atoms with van der Waals surface area (Å²) in [4.78, 5) is 7.15. The van der Waals surface area contributed by atoms with E-state index >= 15 is 0 Å². The summed E-state index contributed by atoms with van der Waals surface area (Å²) in [5.74, 6) is 1.02. The van der Waals surface area contributed by atoms with Crippen LogP contribution in [0.3, 0.4) is 0 Å². The second-order valence-corrected chi connectivity index (χ2v) is 6.10. The summed E-state index contributed by atoms with van der Waals surface area (Å²) in [5.41, 5.74) is 1.61. The maximum atomic E-state index is 10.9. The first-order valence-electron chi connectivity index (χ1n) is 8.04. The Bertz CT molecular complexity index is 612. The van der Waals surface area contributed by atoms with Gasteiger partial charge in [0.05, 0.1) is 16.6 Å². The molecule has 2 heterocycles. The molecule has 2 aromatic rings. The lowest BCUT2D eigenvalue weighted by atomic mass is 9.88. The Morgan fingerprint density at radius 3 is 2.52 bits per heavy atom. The van der Waals surface area contributed by atoms with Crippen LogP contribution in [-0.2, 0) is 13.0 Å². The zero-order valence-electron chi connectivity index (χ0n) is 13.0. The molecule has 0 radical (unpaired) electrons. The first-order valence-corrected chi connectivity index (χ1v) is 8.04. The first-order chi connectivity index (χ1) is 10.1. The van der Waals surface area contributed by atoms with Crippen LogP contribution in [0.1, 0.15) is 32.5 Å². The number of aliphatic hydroxyl groups is 1. The van der Waals surface area contributed by atoms with Gasteiger partial charge in [0.1, 0.15) is 5.82 Å². The molecule has 1 aliphatic heterocycles. The summed E-state index contributed by atoms with van der Waals surface area (Å²) in [6.45, 7) is 8.26. The summed E-state index contributed by atoms with van der Waals surface area (Å²) >= 11 is 0. The Morgan fingerprint density at radius 2 is 1.86 bits per heavy atom. The van der Waals surface area contributed by atoms with E-state index in [0.717, 1.165) is 50.4 Å². The highest BCUT2D eigenvalue weighted by Gasteiger charge is 2.33. The summed E-state index contributed by atoms with van der Waals surface area (Å²) in [5, 5.41) is 10.9. The first kappa shape index (κ1) is 14.5. The number of para-hydroxylation sites is 2. The van der Waals surface area contributed by atoms with Gasteiger partial charge in [-0.05, 0) is 38.4 Å². The van der Waals surface area contributed by atoms with E-state index in [-0.39, 0.29) is 0 Å². The third-order valence-corrected chi connectivity index (χ3v) is 4.77. The van der Waals surface area contributed by atoms with Crippen LogP contribution in [-0.4, -0.2) is 44.8 Å². The van der Waals surface area contributed by atoms with Crippen LogP contribution in [0, 0.1) is 0 Å². The van der Waals surface area contributed by atoms with Gasteiger partial charge in [-0.1, -0.05) is 19.1 Å². The van der Waals surface area contributed by atoms with E-state index in [4.69, 9.17) is 4.98 Å². The van der Waals surface area contributed by atoms with Crippen molar-refractivity contribution >= 4 is 11.0 Å². The van der Waals surface area contributed by atoms with E-state index in [9.17, 15) is 5.11 Å². The number of piperidine rings is 1. The molecule has 1 aliphatic rings. The monoisotopic (exact) mass is 287 g/mol. The Morgan fingerprint density at radius 1 is 1.14 bits per heavy atom. The molecule has 1 aromatic heterocycles. The number of rotatable bonds is 4. The maximum absolute atomic E-state index is 10.9. The number of likely N-dealkylation sites (tertiary alicyclic amines) is 1. The minimum atomic E-state index is -0.597. The molecular weight excluding hydrogens is 262 g/mol. The molecule has 1 saturated heterocycles. The third kappa shape index (κ3) is 2.83. The van der Waals surface area contributed by atoms with Crippen molar-refractivity contribution in [3.05, 3.63) is 30.1 Å². The smallest absolute Gasteiger partial charge is 0.112 e. The predicted octanol–water partition coefficient (Wildman–Crippen LogP) is 2.45. The predicted molar refractivity (Wildman–Crippen MR) is 85.4 cm³/mol. The number of aromatic nitrogens is 2. The SMILES string of the molecule is CCN1CCC(O)(Cc2nc3ccccc3n2CC)CC1. The van der Waals surface area contributed by atoms with Gasteiger partial charge in [-0.15, -0.1) is 0 Å². The number of benzene rings is 1. The molecule has 4 nitrogen and oxygen atoms in total. The molecule has 0 saturated carbocycles. The molecule has 0 bridgehead atoms. The van der Waals surface area contributed by atoms with Crippen LogP contribution in [0.15, 0.2) is 24.3 Å². The Labute approximate surface area is 126 Å². The highest BCUT2D eigenvalue weighted by Crippen LogP contribution is 2.27. The topological polar surface area (TPSA) is 41.3 Å². The van der Waals surface area contributed by atoms with Gasteiger partial charge >= 0.3 is 0 Å². The van der Waals surface area contributed by atoms with E-state index in [1.807, 2.05) is 6.07 Å². The van der Waals surface area contributed by atoms with Crippen molar-refractivity contribution in [2.75, 3.05) is 19.6 Å². The van der Waals surface area contributed by atoms with E-state index in [2.05, 4.69) is 41.5 Å². The third-order valence-electron chi connectivity index (χ3n) is 4.77. The van der Waals surface area contributed by atoms with Crippen LogP contribution in [0.25, 0.3) is 11.0 Å². The summed E-state index contributed by atoms with van der Waals surface area (Å²) in [6, 6.07) is 8.23. The minimum Gasteiger partial charge on any atom is -0.389 e. The van der Waals surface area contributed by atoms with E-state index in [1.54, 1.807) is 0 Å². The largest absolute Gasteiger partial charge is 0.389 e. The molecule has 1 fully saturated rings. The number of aryl methyl sites for hydroxylation is 1. The second kappa shape index (κ2) is 5.78. The molecule has 4 heteroatoms. The van der Waals surface area contributed by atoms with E-state index in [0.29, 0.717) is 6.42 Å². The standard InChI is InChI=1S/C17H25N3O/c1-3-19-11-9-17(21,10-12-19)13-16-18-14-7-5-6-8-15(14)20(16)4-2/h5-8,21H,3-4,9-13H2,1-2H3. The zero-order chi connectivity index (χ0) is 14.9. The lowest BCUT2D eigenvalue weighted by molar-refractivity contribution is -0.0212. The van der Waals surface area contributed by atoms with Crippen molar-refractivity contribution in [1.29, 1.82) is 0 Å². The van der Waals surface area contributed by atoms with E-state index < -0.39 is 5.60 Å². The number of fused-ring (bicyclic) bond motifs is 1. The van der Waals surface area contributed by atoms with Crippen molar-refractivity contribution in [1.82, 2.24) is 14.5 Å². The fourth-order valence-electron chi connectivity index (χ4n) is 3.37. The van der Waals surface area contributed by atoms with Gasteiger partial charge in [0.25, 0.3) is 0 Å². The molecule has 21 heavy (non-hydrogen) atoms. The molecule has 0 spiro atoms. The number of imidazole rings is 1. The van der Waals surface area contributed by atoms with Crippen molar-refractivity contribution in [3.63, 3.8) is 0 Å². The lowest BCUT2D eigenvalue weighted by Crippen LogP contribution is -2.45. The molecule has 0 aliphatic carbocycles. The van der Waals surface area contributed by atoms with Gasteiger partial charge in [-0.2, -0.15) is 0 Å². The molecule has 0 atom stereocenters. The Balaban J connectivity index is 1.84. The highest BCUT2D eigenvalue weighted by molar-refractivity contribution is 5.75. The van der Waals surface area contributed by atoms with Crippen LogP contribution in [0.2, 0.25) is 0 Å². The molecule has 1 N–H and O–H groups in total. The van der Waals surface area contributed by atoms with Gasteiger partial charge in [-0.25, -0.2) is 4.98 Å². The van der Waals surface area contributed by atoms with E-state index in [1.165, 1.54) is 5.52 Å². The normalized spacial score (nSPS) is 19.2. The molecule has 1 aromatic carbocycles. The van der Waals surface area contributed by atoms with Gasteiger partial charge in [0, 0.05) is 26.1 Å². The van der Waals surface area contributed by atoms with Gasteiger partial charge in [0.2, 0.25) is 0 Å². The number of hydrogen-bond acceptors (Lipinski definition) is 3. The van der Waals surface area contributed by atoms with Gasteiger partial charge < -0.3 is 14.6 Å². The van der Waals surface area contributed by atoms with Crippen molar-refractivity contribution in [2.24, 2.45) is 0 Å². The fraction of sp³-hybridized carbons (Fsp3) is 0.588. The van der Waals surface area contributed by atoms with Crippen LogP contribution in [0.4, 0.5) is 0 Å². The van der Waals surface area contributed by atoms with Crippen LogP contribution < -0.4 is 0 Å². The van der Waals surface area contributed by atoms with Crippen molar-refractivity contribution in [2.45, 2.75) is 45.3 Å². The lowest BCUT2D eigenvalue weighted by Gasteiger charge is -2.37. The zero-order valence-corrected chi connectivity index (χ0v) is 13.0. The second-order valence-electron chi connectivity index (χ2n) is 6.10. The highest BCUT2D eigenvalue weighted by atomic mass is 16.3. The summed E-state index contributed by atoms with van der Waals surface area (Å²) in [7, 11) is 0. The minimum absolute atomic E-state index is 0.597. The van der Waals surface area contributed by atoms with Gasteiger partial charge in [0.15, 0.2) is 0 Å². The average molecular weight is 287 g/mol. The molecule has 0 unspecified atom stereocenters. The number of hydrogen-bond donors (Lipinski definition) is 1. The Hall–Kier alpha value is -1.39.